The molecule has 1 saturated heterocycles. The van der Waals surface area contributed by atoms with Crippen molar-refractivity contribution in [3.8, 4) is 0 Å². The van der Waals surface area contributed by atoms with Gasteiger partial charge in [-0.2, -0.15) is 0 Å². The number of hydrogen-bond donors (Lipinski definition) is 3. The van der Waals surface area contributed by atoms with Crippen LogP contribution in [-0.2, 0) is 9.59 Å². The molecule has 0 radical (unpaired) electrons. The van der Waals surface area contributed by atoms with Gasteiger partial charge in [0.15, 0.2) is 0 Å². The molecule has 0 unspecified atom stereocenters. The van der Waals surface area contributed by atoms with Crippen molar-refractivity contribution in [1.29, 1.82) is 0 Å². The number of nitrogens with one attached hydrogen (secondary N) is 2. The Balaban J connectivity index is 1.89. The van der Waals surface area contributed by atoms with Gasteiger partial charge in [0.05, 0.1) is 0 Å². The molecule has 1 amide bonds. The summed E-state index contributed by atoms with van der Waals surface area (Å²) in [7, 11) is 0. The Morgan fingerprint density at radius 1 is 1.31 bits per heavy atom. The molecule has 0 aromatic carbocycles. The molecule has 5 heteroatoms. The number of carboxylic acid groups (broad SMARTS) is 1. The predicted octanol–water partition coefficient (Wildman–Crippen LogP) is 0.109. The van der Waals surface area contributed by atoms with E-state index in [1.807, 2.05) is 0 Å². The Hall–Kier alpha value is -1.10. The molecule has 90 valence electrons. The molecule has 1 aliphatic heterocycles. The topological polar surface area (TPSA) is 78.4 Å². The van der Waals surface area contributed by atoms with Crippen LogP contribution in [0.3, 0.4) is 0 Å². The van der Waals surface area contributed by atoms with Crippen LogP contribution in [0.4, 0.5) is 0 Å². The first-order valence-electron chi connectivity index (χ1n) is 5.87. The Bertz CT molecular complexity index is 294. The molecule has 2 rings (SSSR count). The summed E-state index contributed by atoms with van der Waals surface area (Å²) in [5.74, 6) is -0.617. The number of rotatable bonds is 4. The van der Waals surface area contributed by atoms with Crippen LogP contribution in [0.5, 0.6) is 0 Å². The van der Waals surface area contributed by atoms with E-state index in [0.717, 1.165) is 25.9 Å². The fraction of sp³-hybridized carbons (Fsp3) is 0.818. The summed E-state index contributed by atoms with van der Waals surface area (Å²) in [6.07, 6.45) is 3.35. The molecule has 1 saturated carbocycles. The Morgan fingerprint density at radius 3 is 2.38 bits per heavy atom. The van der Waals surface area contributed by atoms with Gasteiger partial charge in [0.1, 0.15) is 5.54 Å². The number of carboxylic acids is 1. The van der Waals surface area contributed by atoms with Gasteiger partial charge in [-0.1, -0.05) is 12.8 Å². The number of carbonyl (C=O) groups excluding carboxylic acids is 1. The summed E-state index contributed by atoms with van der Waals surface area (Å²) in [5.41, 5.74) is -0.978. The van der Waals surface area contributed by atoms with Crippen molar-refractivity contribution in [3.05, 3.63) is 0 Å². The smallest absolute Gasteiger partial charge is 0.329 e. The molecule has 1 heterocycles. The lowest BCUT2D eigenvalue weighted by Crippen LogP contribution is -2.54. The number of amides is 1. The molecule has 5 nitrogen and oxygen atoms in total. The predicted molar refractivity (Wildman–Crippen MR) is 58.0 cm³/mol. The minimum atomic E-state index is -0.978. The van der Waals surface area contributed by atoms with Gasteiger partial charge in [-0.25, -0.2) is 4.79 Å². The zero-order valence-corrected chi connectivity index (χ0v) is 9.29. The van der Waals surface area contributed by atoms with E-state index in [2.05, 4.69) is 10.6 Å². The van der Waals surface area contributed by atoms with Crippen molar-refractivity contribution >= 4 is 11.9 Å². The van der Waals surface area contributed by atoms with Crippen LogP contribution in [0.2, 0.25) is 0 Å². The molecule has 0 aromatic heterocycles. The molecular weight excluding hydrogens is 208 g/mol. The van der Waals surface area contributed by atoms with Crippen LogP contribution >= 0.6 is 0 Å². The summed E-state index contributed by atoms with van der Waals surface area (Å²) >= 11 is 0. The third-order valence-corrected chi connectivity index (χ3v) is 3.59. The largest absolute Gasteiger partial charge is 0.480 e. The second-order valence-corrected chi connectivity index (χ2v) is 4.87. The van der Waals surface area contributed by atoms with Gasteiger partial charge in [-0.05, 0) is 31.8 Å². The molecule has 0 bridgehead atoms. The number of carbonyl (C=O) groups is 2. The quantitative estimate of drug-likeness (QED) is 0.635. The van der Waals surface area contributed by atoms with E-state index in [9.17, 15) is 14.7 Å². The Morgan fingerprint density at radius 2 is 1.94 bits per heavy atom. The lowest BCUT2D eigenvalue weighted by atomic mass is 9.95. The zero-order chi connectivity index (χ0) is 11.6. The highest BCUT2D eigenvalue weighted by molar-refractivity contribution is 5.87. The van der Waals surface area contributed by atoms with Gasteiger partial charge in [0.25, 0.3) is 0 Å². The fourth-order valence-electron chi connectivity index (χ4n) is 2.44. The van der Waals surface area contributed by atoms with Crippen molar-refractivity contribution < 1.29 is 14.7 Å². The maximum Gasteiger partial charge on any atom is 0.329 e. The maximum atomic E-state index is 11.7. The maximum absolute atomic E-state index is 11.7. The minimum absolute atomic E-state index is 0.115. The first kappa shape index (κ1) is 11.4. The lowest BCUT2D eigenvalue weighted by molar-refractivity contribution is -0.147. The molecule has 0 aromatic rings. The number of hydrogen-bond acceptors (Lipinski definition) is 3. The highest BCUT2D eigenvalue weighted by atomic mass is 16.4. The van der Waals surface area contributed by atoms with E-state index in [1.165, 1.54) is 0 Å². The summed E-state index contributed by atoms with van der Waals surface area (Å²) in [6.45, 7) is 1.74. The van der Waals surface area contributed by atoms with Gasteiger partial charge >= 0.3 is 5.97 Å². The van der Waals surface area contributed by atoms with E-state index in [-0.39, 0.29) is 5.91 Å². The second kappa shape index (κ2) is 4.41. The van der Waals surface area contributed by atoms with Crippen molar-refractivity contribution in [2.75, 3.05) is 13.1 Å². The summed E-state index contributed by atoms with van der Waals surface area (Å²) in [5, 5.41) is 15.0. The number of aliphatic carboxylic acids is 1. The van der Waals surface area contributed by atoms with E-state index >= 15 is 0 Å². The van der Waals surface area contributed by atoms with E-state index < -0.39 is 11.5 Å². The van der Waals surface area contributed by atoms with Crippen molar-refractivity contribution in [2.24, 2.45) is 5.92 Å². The zero-order valence-electron chi connectivity index (χ0n) is 9.29. The molecule has 2 aliphatic rings. The summed E-state index contributed by atoms with van der Waals surface area (Å²) < 4.78 is 0. The SMILES string of the molecule is O=C(CC1CNC1)NC1(C(=O)O)CCCC1. The Labute approximate surface area is 94.6 Å². The first-order valence-corrected chi connectivity index (χ1v) is 5.87. The molecule has 2 fully saturated rings. The standard InChI is InChI=1S/C11H18N2O3/c14-9(5-8-6-12-7-8)13-11(10(15)16)3-1-2-4-11/h8,12H,1-7H2,(H,13,14)(H,15,16). The molecule has 0 spiro atoms. The summed E-state index contributed by atoms with van der Waals surface area (Å²) in [6, 6.07) is 0. The third-order valence-electron chi connectivity index (χ3n) is 3.59. The van der Waals surface area contributed by atoms with Crippen LogP contribution in [-0.4, -0.2) is 35.6 Å². The van der Waals surface area contributed by atoms with Crippen LogP contribution in [0, 0.1) is 5.92 Å². The third kappa shape index (κ3) is 2.19. The molecule has 0 atom stereocenters. The van der Waals surface area contributed by atoms with E-state index in [4.69, 9.17) is 0 Å². The highest BCUT2D eigenvalue weighted by Crippen LogP contribution is 2.30. The molecule has 1 aliphatic carbocycles. The lowest BCUT2D eigenvalue weighted by Gasteiger charge is -2.30. The second-order valence-electron chi connectivity index (χ2n) is 4.87. The van der Waals surface area contributed by atoms with Gasteiger partial charge in [0.2, 0.25) is 5.91 Å². The van der Waals surface area contributed by atoms with Crippen LogP contribution in [0.25, 0.3) is 0 Å². The normalized spacial score (nSPS) is 23.8. The van der Waals surface area contributed by atoms with Gasteiger partial charge in [-0.15, -0.1) is 0 Å². The molecule has 3 N–H and O–H groups in total. The fourth-order valence-corrected chi connectivity index (χ4v) is 2.44. The van der Waals surface area contributed by atoms with Gasteiger partial charge in [0, 0.05) is 6.42 Å². The van der Waals surface area contributed by atoms with Crippen molar-refractivity contribution in [3.63, 3.8) is 0 Å². The molecular formula is C11H18N2O3. The van der Waals surface area contributed by atoms with E-state index in [1.54, 1.807) is 0 Å². The average Bonchev–Trinajstić information content (AvgIpc) is 2.61. The van der Waals surface area contributed by atoms with Crippen molar-refractivity contribution in [2.45, 2.75) is 37.6 Å². The van der Waals surface area contributed by atoms with Crippen LogP contribution < -0.4 is 10.6 Å². The first-order chi connectivity index (χ1) is 7.62. The van der Waals surface area contributed by atoms with Crippen LogP contribution in [0.15, 0.2) is 0 Å². The monoisotopic (exact) mass is 226 g/mol. The van der Waals surface area contributed by atoms with Crippen molar-refractivity contribution in [1.82, 2.24) is 10.6 Å². The summed E-state index contributed by atoms with van der Waals surface area (Å²) in [4.78, 5) is 22.9. The minimum Gasteiger partial charge on any atom is -0.480 e. The van der Waals surface area contributed by atoms with E-state index in [0.29, 0.717) is 25.2 Å². The Kier molecular flexibility index (Phi) is 3.14. The van der Waals surface area contributed by atoms with Gasteiger partial charge < -0.3 is 15.7 Å². The molecule has 16 heavy (non-hydrogen) atoms. The van der Waals surface area contributed by atoms with Gasteiger partial charge in [-0.3, -0.25) is 4.79 Å². The highest BCUT2D eigenvalue weighted by Gasteiger charge is 2.42. The average molecular weight is 226 g/mol. The van der Waals surface area contributed by atoms with Crippen LogP contribution in [0.1, 0.15) is 32.1 Å².